The monoisotopic (exact) mass is 139 g/mol. The first-order valence-corrected chi connectivity index (χ1v) is 3.16. The van der Waals surface area contributed by atoms with Gasteiger partial charge in [0, 0.05) is 13.3 Å². The summed E-state index contributed by atoms with van der Waals surface area (Å²) < 4.78 is 0. The van der Waals surface area contributed by atoms with E-state index in [0.29, 0.717) is 6.42 Å². The molecule has 10 heavy (non-hydrogen) atoms. The van der Waals surface area contributed by atoms with E-state index in [0.717, 1.165) is 0 Å². The van der Waals surface area contributed by atoms with Crippen molar-refractivity contribution in [2.75, 3.05) is 0 Å². The Bertz CT molecular complexity index is 196. The molecule has 0 heterocycles. The molecular weight excluding hydrogens is 130 g/mol. The second-order valence-corrected chi connectivity index (χ2v) is 2.34. The summed E-state index contributed by atoms with van der Waals surface area (Å²) in [5, 5.41) is 2.63. The summed E-state index contributed by atoms with van der Waals surface area (Å²) in [6, 6.07) is -0.0648. The highest BCUT2D eigenvalue weighted by Gasteiger charge is 2.15. The highest BCUT2D eigenvalue weighted by Crippen LogP contribution is 2.04. The summed E-state index contributed by atoms with van der Waals surface area (Å²) in [6.07, 6.45) is 3.63. The van der Waals surface area contributed by atoms with Crippen molar-refractivity contribution in [1.82, 2.24) is 5.32 Å². The van der Waals surface area contributed by atoms with Gasteiger partial charge < -0.3 is 5.32 Å². The molecule has 1 aliphatic carbocycles. The Hall–Kier alpha value is -1.12. The fraction of sp³-hybridized carbons (Fsp3) is 0.429. The number of carbonyl (C=O) groups is 2. The zero-order valence-corrected chi connectivity index (χ0v) is 5.76. The van der Waals surface area contributed by atoms with Crippen molar-refractivity contribution >= 4 is 11.7 Å². The summed E-state index contributed by atoms with van der Waals surface area (Å²) in [7, 11) is 0. The predicted molar refractivity (Wildman–Crippen MR) is 36.4 cm³/mol. The Labute approximate surface area is 59.1 Å². The van der Waals surface area contributed by atoms with Crippen LogP contribution in [0.3, 0.4) is 0 Å². The zero-order valence-electron chi connectivity index (χ0n) is 5.76. The molecule has 0 spiro atoms. The normalized spacial score (nSPS) is 23.3. The van der Waals surface area contributed by atoms with Gasteiger partial charge in [-0.3, -0.25) is 9.59 Å². The number of allylic oxidation sites excluding steroid dienone is 1. The first-order chi connectivity index (χ1) is 4.68. The van der Waals surface area contributed by atoms with E-state index in [-0.39, 0.29) is 17.7 Å². The molecular formula is C7H9NO2. The maximum absolute atomic E-state index is 10.6. The first-order valence-electron chi connectivity index (χ1n) is 3.16. The maximum Gasteiger partial charge on any atom is 0.217 e. The van der Waals surface area contributed by atoms with Crippen molar-refractivity contribution in [2.24, 2.45) is 0 Å². The van der Waals surface area contributed by atoms with Crippen LogP contribution in [-0.2, 0) is 9.59 Å². The Kier molecular flexibility index (Phi) is 1.85. The Morgan fingerprint density at radius 1 is 1.80 bits per heavy atom. The van der Waals surface area contributed by atoms with Crippen molar-refractivity contribution in [1.29, 1.82) is 0 Å². The number of hydrogen-bond donors (Lipinski definition) is 1. The minimum atomic E-state index is -0.0932. The number of ketones is 1. The molecule has 1 N–H and O–H groups in total. The van der Waals surface area contributed by atoms with Crippen LogP contribution in [0.2, 0.25) is 0 Å². The van der Waals surface area contributed by atoms with Crippen LogP contribution in [0.25, 0.3) is 0 Å². The van der Waals surface area contributed by atoms with Crippen molar-refractivity contribution in [3.8, 4) is 0 Å². The molecule has 1 aliphatic rings. The molecule has 0 aromatic rings. The molecule has 0 aromatic carbocycles. The second-order valence-electron chi connectivity index (χ2n) is 2.34. The maximum atomic E-state index is 10.6. The lowest BCUT2D eigenvalue weighted by Crippen LogP contribution is -2.30. The molecule has 0 aromatic heterocycles. The van der Waals surface area contributed by atoms with E-state index in [2.05, 4.69) is 5.32 Å². The molecule has 0 unspecified atom stereocenters. The van der Waals surface area contributed by atoms with Gasteiger partial charge in [-0.05, 0) is 6.08 Å². The van der Waals surface area contributed by atoms with Crippen LogP contribution < -0.4 is 5.32 Å². The second kappa shape index (κ2) is 2.64. The van der Waals surface area contributed by atoms with Gasteiger partial charge in [0.25, 0.3) is 0 Å². The molecule has 1 amide bonds. The van der Waals surface area contributed by atoms with Crippen LogP contribution in [0.4, 0.5) is 0 Å². The summed E-state index contributed by atoms with van der Waals surface area (Å²) >= 11 is 0. The van der Waals surface area contributed by atoms with Crippen molar-refractivity contribution in [2.45, 2.75) is 19.4 Å². The van der Waals surface area contributed by atoms with E-state index in [4.69, 9.17) is 0 Å². The molecule has 1 rings (SSSR count). The number of nitrogens with one attached hydrogen (secondary N) is 1. The summed E-state index contributed by atoms with van der Waals surface area (Å²) in [4.78, 5) is 21.0. The van der Waals surface area contributed by atoms with Gasteiger partial charge in [-0.15, -0.1) is 0 Å². The lowest BCUT2D eigenvalue weighted by atomic mass is 10.2. The largest absolute Gasteiger partial charge is 0.350 e. The minimum absolute atomic E-state index is 0.0648. The standard InChI is InChI=1S/C7H9NO2/c1-5(9)8-6-2-3-7(10)4-6/h2-3,6H,4H2,1H3,(H,8,9)/t6-/m0/s1. The van der Waals surface area contributed by atoms with E-state index in [9.17, 15) is 9.59 Å². The number of amides is 1. The Morgan fingerprint density at radius 3 is 2.90 bits per heavy atom. The molecule has 0 radical (unpaired) electrons. The zero-order chi connectivity index (χ0) is 7.56. The fourth-order valence-corrected chi connectivity index (χ4v) is 0.937. The Morgan fingerprint density at radius 2 is 2.50 bits per heavy atom. The van der Waals surface area contributed by atoms with Crippen LogP contribution >= 0.6 is 0 Å². The van der Waals surface area contributed by atoms with Gasteiger partial charge in [-0.1, -0.05) is 6.08 Å². The minimum Gasteiger partial charge on any atom is -0.350 e. The van der Waals surface area contributed by atoms with Gasteiger partial charge in [-0.2, -0.15) is 0 Å². The summed E-state index contributed by atoms with van der Waals surface area (Å²) in [5.74, 6) is -0.0110. The van der Waals surface area contributed by atoms with Crippen LogP contribution in [0.1, 0.15) is 13.3 Å². The molecule has 54 valence electrons. The fourth-order valence-electron chi connectivity index (χ4n) is 0.937. The SMILES string of the molecule is CC(=O)N[C@H]1C=CC(=O)C1. The van der Waals surface area contributed by atoms with Crippen LogP contribution in [0.15, 0.2) is 12.2 Å². The predicted octanol–water partition coefficient (Wildman–Crippen LogP) is 0.0201. The lowest BCUT2D eigenvalue weighted by molar-refractivity contribution is -0.119. The molecule has 0 aliphatic heterocycles. The number of carbonyl (C=O) groups excluding carboxylic acids is 2. The third-order valence-corrected chi connectivity index (χ3v) is 1.32. The van der Waals surface area contributed by atoms with Crippen molar-refractivity contribution < 1.29 is 9.59 Å². The van der Waals surface area contributed by atoms with Gasteiger partial charge in [0.2, 0.25) is 5.91 Å². The van der Waals surface area contributed by atoms with E-state index in [1.165, 1.54) is 13.0 Å². The number of hydrogen-bond acceptors (Lipinski definition) is 2. The van der Waals surface area contributed by atoms with Gasteiger partial charge >= 0.3 is 0 Å². The molecule has 0 saturated heterocycles. The number of rotatable bonds is 1. The third-order valence-electron chi connectivity index (χ3n) is 1.32. The van der Waals surface area contributed by atoms with Crippen molar-refractivity contribution in [3.63, 3.8) is 0 Å². The quantitative estimate of drug-likeness (QED) is 0.556. The highest BCUT2D eigenvalue weighted by atomic mass is 16.1. The topological polar surface area (TPSA) is 46.2 Å². The molecule has 1 atom stereocenters. The first kappa shape index (κ1) is 6.99. The van der Waals surface area contributed by atoms with E-state index >= 15 is 0 Å². The van der Waals surface area contributed by atoms with E-state index in [1.54, 1.807) is 6.08 Å². The molecule has 0 bridgehead atoms. The summed E-state index contributed by atoms with van der Waals surface area (Å²) in [6.45, 7) is 1.44. The van der Waals surface area contributed by atoms with Crippen LogP contribution in [-0.4, -0.2) is 17.7 Å². The van der Waals surface area contributed by atoms with Crippen LogP contribution in [0, 0.1) is 0 Å². The van der Waals surface area contributed by atoms with Gasteiger partial charge in [0.05, 0.1) is 6.04 Å². The summed E-state index contributed by atoms with van der Waals surface area (Å²) in [5.41, 5.74) is 0. The lowest BCUT2D eigenvalue weighted by Gasteiger charge is -2.05. The van der Waals surface area contributed by atoms with E-state index < -0.39 is 0 Å². The molecule has 3 nitrogen and oxygen atoms in total. The average molecular weight is 139 g/mol. The molecule has 3 heteroatoms. The van der Waals surface area contributed by atoms with E-state index in [1.807, 2.05) is 0 Å². The average Bonchev–Trinajstić information content (AvgIpc) is 2.13. The van der Waals surface area contributed by atoms with Crippen molar-refractivity contribution in [3.05, 3.63) is 12.2 Å². The molecule has 0 fully saturated rings. The molecule has 0 saturated carbocycles. The smallest absolute Gasteiger partial charge is 0.217 e. The van der Waals surface area contributed by atoms with Crippen LogP contribution in [0.5, 0.6) is 0 Å². The van der Waals surface area contributed by atoms with Gasteiger partial charge in [0.15, 0.2) is 5.78 Å². The highest BCUT2D eigenvalue weighted by molar-refractivity contribution is 5.93. The Balaban J connectivity index is 2.40. The third kappa shape index (κ3) is 1.69. The van der Waals surface area contributed by atoms with Gasteiger partial charge in [0.1, 0.15) is 0 Å². The van der Waals surface area contributed by atoms with Gasteiger partial charge in [-0.25, -0.2) is 0 Å².